The topological polar surface area (TPSA) is 37.3 Å². The van der Waals surface area contributed by atoms with E-state index in [4.69, 9.17) is 23.2 Å². The van der Waals surface area contributed by atoms with Crippen LogP contribution in [0.2, 0.25) is 10.2 Å². The Morgan fingerprint density at radius 3 is 2.57 bits per heavy atom. The lowest BCUT2D eigenvalue weighted by Crippen LogP contribution is -1.93. The fraction of sp³-hybridized carbons (Fsp3) is 0. The Labute approximate surface area is 132 Å². The molecule has 1 N–H and O–H groups in total. The Morgan fingerprint density at radius 2 is 1.76 bits per heavy atom. The van der Waals surface area contributed by atoms with Crippen molar-refractivity contribution in [2.24, 2.45) is 5.10 Å². The molecule has 104 valence electrons. The molecule has 0 aliphatic heterocycles. The van der Waals surface area contributed by atoms with Crippen LogP contribution >= 0.6 is 23.2 Å². The van der Waals surface area contributed by atoms with Crippen molar-refractivity contribution in [1.29, 1.82) is 0 Å². The molecule has 0 aliphatic rings. The van der Waals surface area contributed by atoms with E-state index in [-0.39, 0.29) is 0 Å². The van der Waals surface area contributed by atoms with Crippen LogP contribution in [0.5, 0.6) is 0 Å². The van der Waals surface area contributed by atoms with Gasteiger partial charge < -0.3 is 0 Å². The number of hydrazone groups is 1. The van der Waals surface area contributed by atoms with E-state index in [2.05, 4.69) is 15.5 Å². The van der Waals surface area contributed by atoms with Gasteiger partial charge in [0.05, 0.1) is 17.4 Å². The van der Waals surface area contributed by atoms with Gasteiger partial charge in [0.25, 0.3) is 0 Å². The van der Waals surface area contributed by atoms with Crippen LogP contribution in [0.4, 0.5) is 5.69 Å². The number of hydrogen-bond donors (Lipinski definition) is 1. The van der Waals surface area contributed by atoms with Gasteiger partial charge in [-0.15, -0.1) is 0 Å². The van der Waals surface area contributed by atoms with Gasteiger partial charge >= 0.3 is 0 Å². The Bertz CT molecular complexity index is 798. The number of hydrogen-bond acceptors (Lipinski definition) is 3. The average molecular weight is 316 g/mol. The van der Waals surface area contributed by atoms with Gasteiger partial charge in [-0.25, -0.2) is 4.98 Å². The maximum Gasteiger partial charge on any atom is 0.138 e. The Kier molecular flexibility index (Phi) is 4.04. The smallest absolute Gasteiger partial charge is 0.138 e. The van der Waals surface area contributed by atoms with Crippen LogP contribution in [0.25, 0.3) is 10.9 Å². The van der Waals surface area contributed by atoms with Crippen molar-refractivity contribution in [2.75, 3.05) is 5.43 Å². The predicted octanol–water partition coefficient (Wildman–Crippen LogP) is 4.99. The normalized spacial score (nSPS) is 11.1. The van der Waals surface area contributed by atoms with Gasteiger partial charge in [-0.2, -0.15) is 5.10 Å². The molecule has 0 spiro atoms. The number of para-hydroxylation sites is 1. The minimum Gasteiger partial charge on any atom is -0.279 e. The molecule has 0 saturated carbocycles. The summed E-state index contributed by atoms with van der Waals surface area (Å²) in [5, 5.41) is 6.30. The maximum absolute atomic E-state index is 6.16. The molecule has 0 fully saturated rings. The predicted molar refractivity (Wildman–Crippen MR) is 89.4 cm³/mol. The van der Waals surface area contributed by atoms with Crippen molar-refractivity contribution >= 4 is 46.0 Å². The largest absolute Gasteiger partial charge is 0.279 e. The molecule has 5 heteroatoms. The van der Waals surface area contributed by atoms with Crippen molar-refractivity contribution < 1.29 is 0 Å². The summed E-state index contributed by atoms with van der Waals surface area (Å²) in [6, 6.07) is 17.1. The third-order valence-electron chi connectivity index (χ3n) is 2.95. The molecule has 1 heterocycles. The molecule has 3 rings (SSSR count). The first kappa shape index (κ1) is 13.9. The summed E-state index contributed by atoms with van der Waals surface area (Å²) in [7, 11) is 0. The number of nitrogens with one attached hydrogen (secondary N) is 1. The van der Waals surface area contributed by atoms with Crippen LogP contribution < -0.4 is 5.43 Å². The number of nitrogens with zero attached hydrogens (tertiary/aromatic N) is 2. The lowest BCUT2D eigenvalue weighted by Gasteiger charge is -2.02. The molecule has 0 saturated heterocycles. The van der Waals surface area contributed by atoms with E-state index >= 15 is 0 Å². The Hall–Kier alpha value is -2.10. The van der Waals surface area contributed by atoms with Crippen molar-refractivity contribution in [1.82, 2.24) is 4.98 Å². The summed E-state index contributed by atoms with van der Waals surface area (Å²) in [4.78, 5) is 4.34. The van der Waals surface area contributed by atoms with Crippen molar-refractivity contribution in [3.05, 3.63) is 70.3 Å². The molecule has 0 atom stereocenters. The quantitative estimate of drug-likeness (QED) is 0.420. The number of halogens is 2. The number of rotatable bonds is 3. The maximum atomic E-state index is 6.16. The van der Waals surface area contributed by atoms with Crippen LogP contribution in [0.15, 0.2) is 59.7 Å². The highest BCUT2D eigenvalue weighted by molar-refractivity contribution is 6.32. The highest BCUT2D eigenvalue weighted by Gasteiger charge is 2.02. The summed E-state index contributed by atoms with van der Waals surface area (Å²) in [5.41, 5.74) is 5.39. The Balaban J connectivity index is 1.82. The molecule has 1 aromatic heterocycles. The zero-order chi connectivity index (χ0) is 14.7. The first-order valence-corrected chi connectivity index (χ1v) is 7.08. The van der Waals surface area contributed by atoms with E-state index in [0.29, 0.717) is 10.2 Å². The zero-order valence-corrected chi connectivity index (χ0v) is 12.4. The molecule has 0 amide bonds. The third-order valence-corrected chi connectivity index (χ3v) is 3.50. The van der Waals surface area contributed by atoms with Crippen LogP contribution in [-0.4, -0.2) is 11.2 Å². The monoisotopic (exact) mass is 315 g/mol. The summed E-state index contributed by atoms with van der Waals surface area (Å²) >= 11 is 12.0. The van der Waals surface area contributed by atoms with Gasteiger partial charge in [0, 0.05) is 16.0 Å². The summed E-state index contributed by atoms with van der Waals surface area (Å²) < 4.78 is 0. The second-order valence-electron chi connectivity index (χ2n) is 4.44. The average Bonchev–Trinajstić information content (AvgIpc) is 2.50. The van der Waals surface area contributed by atoms with Gasteiger partial charge in [-0.1, -0.05) is 41.4 Å². The molecule has 0 radical (unpaired) electrons. The lowest BCUT2D eigenvalue weighted by atomic mass is 10.2. The molecule has 21 heavy (non-hydrogen) atoms. The first-order valence-electron chi connectivity index (χ1n) is 6.32. The van der Waals surface area contributed by atoms with Gasteiger partial charge in [0.2, 0.25) is 0 Å². The minimum atomic E-state index is 0.426. The van der Waals surface area contributed by atoms with E-state index in [1.807, 2.05) is 42.5 Å². The minimum absolute atomic E-state index is 0.426. The van der Waals surface area contributed by atoms with E-state index in [0.717, 1.165) is 22.2 Å². The molecular weight excluding hydrogens is 305 g/mol. The second-order valence-corrected chi connectivity index (χ2v) is 5.23. The van der Waals surface area contributed by atoms with Crippen LogP contribution in [0.1, 0.15) is 5.56 Å². The molecule has 2 aromatic carbocycles. The molecule has 3 aromatic rings. The van der Waals surface area contributed by atoms with Crippen molar-refractivity contribution in [3.63, 3.8) is 0 Å². The SMILES string of the molecule is Clc1ccc(NN=Cc2cc3ccccc3nc2Cl)cc1. The molecule has 0 unspecified atom stereocenters. The standard InChI is InChI=1S/C16H11Cl2N3/c17-13-5-7-14(8-6-13)21-19-10-12-9-11-3-1-2-4-15(11)20-16(12)18/h1-10,21H. The van der Waals surface area contributed by atoms with Crippen molar-refractivity contribution in [2.45, 2.75) is 0 Å². The van der Waals surface area contributed by atoms with Gasteiger partial charge in [0.1, 0.15) is 5.15 Å². The lowest BCUT2D eigenvalue weighted by molar-refractivity contribution is 1.34. The zero-order valence-electron chi connectivity index (χ0n) is 10.9. The highest BCUT2D eigenvalue weighted by Crippen LogP contribution is 2.19. The van der Waals surface area contributed by atoms with Crippen molar-refractivity contribution in [3.8, 4) is 0 Å². The number of aromatic nitrogens is 1. The van der Waals surface area contributed by atoms with Crippen LogP contribution in [0, 0.1) is 0 Å². The summed E-state index contributed by atoms with van der Waals surface area (Å²) in [6.07, 6.45) is 1.65. The van der Waals surface area contributed by atoms with Gasteiger partial charge in [0.15, 0.2) is 0 Å². The van der Waals surface area contributed by atoms with Crippen LogP contribution in [0.3, 0.4) is 0 Å². The number of fused-ring (bicyclic) bond motifs is 1. The van der Waals surface area contributed by atoms with E-state index in [1.54, 1.807) is 18.3 Å². The molecular formula is C16H11Cl2N3. The number of anilines is 1. The Morgan fingerprint density at radius 1 is 1.00 bits per heavy atom. The highest BCUT2D eigenvalue weighted by atomic mass is 35.5. The van der Waals surface area contributed by atoms with Gasteiger partial charge in [-0.3, -0.25) is 5.43 Å². The third kappa shape index (κ3) is 3.32. The fourth-order valence-corrected chi connectivity index (χ4v) is 2.22. The number of benzene rings is 2. The molecule has 0 bridgehead atoms. The van der Waals surface area contributed by atoms with Crippen LogP contribution in [-0.2, 0) is 0 Å². The van der Waals surface area contributed by atoms with E-state index in [1.165, 1.54) is 0 Å². The van der Waals surface area contributed by atoms with Gasteiger partial charge in [-0.05, 0) is 36.4 Å². The van der Waals surface area contributed by atoms with E-state index in [9.17, 15) is 0 Å². The summed E-state index contributed by atoms with van der Waals surface area (Å²) in [6.45, 7) is 0. The molecule has 0 aliphatic carbocycles. The summed E-state index contributed by atoms with van der Waals surface area (Å²) in [5.74, 6) is 0. The first-order chi connectivity index (χ1) is 10.2. The number of pyridine rings is 1. The fourth-order valence-electron chi connectivity index (χ4n) is 1.90. The van der Waals surface area contributed by atoms with E-state index < -0.39 is 0 Å². The second kappa shape index (κ2) is 6.12. The molecule has 3 nitrogen and oxygen atoms in total.